The van der Waals surface area contributed by atoms with E-state index in [2.05, 4.69) is 5.32 Å². The summed E-state index contributed by atoms with van der Waals surface area (Å²) in [6, 6.07) is 13.8. The van der Waals surface area contributed by atoms with Crippen LogP contribution in [-0.4, -0.2) is 20.9 Å². The third-order valence-electron chi connectivity index (χ3n) is 4.55. The molecule has 9 heteroatoms. The van der Waals surface area contributed by atoms with Gasteiger partial charge in [-0.1, -0.05) is 12.1 Å². The molecule has 0 aliphatic heterocycles. The van der Waals surface area contributed by atoms with Crippen molar-refractivity contribution >= 4 is 21.6 Å². The summed E-state index contributed by atoms with van der Waals surface area (Å²) >= 11 is 0. The summed E-state index contributed by atoms with van der Waals surface area (Å²) in [6.07, 6.45) is 0. The SMILES string of the molecule is CC(NC(=O)CN(c1ccc(F)cc1)S(=O)(=O)c1ccc(F)cc1)c1ccc(F)cc1. The summed E-state index contributed by atoms with van der Waals surface area (Å²) in [5.74, 6) is -2.24. The van der Waals surface area contributed by atoms with Gasteiger partial charge < -0.3 is 5.32 Å². The molecule has 0 saturated heterocycles. The van der Waals surface area contributed by atoms with Gasteiger partial charge in [0.1, 0.15) is 24.0 Å². The molecule has 0 saturated carbocycles. The van der Waals surface area contributed by atoms with Crippen molar-refractivity contribution in [3.05, 3.63) is 95.8 Å². The Kier molecular flexibility index (Phi) is 6.65. The Labute approximate surface area is 178 Å². The Balaban J connectivity index is 1.87. The molecule has 1 unspecified atom stereocenters. The molecule has 1 N–H and O–H groups in total. The number of nitrogens with one attached hydrogen (secondary N) is 1. The summed E-state index contributed by atoms with van der Waals surface area (Å²) in [6.45, 7) is 1.07. The van der Waals surface area contributed by atoms with Gasteiger partial charge in [0.2, 0.25) is 5.91 Å². The average Bonchev–Trinajstić information content (AvgIpc) is 2.73. The van der Waals surface area contributed by atoms with E-state index in [0.29, 0.717) is 5.56 Å². The molecule has 0 aromatic heterocycles. The molecule has 0 spiro atoms. The van der Waals surface area contributed by atoms with Crippen LogP contribution in [0.25, 0.3) is 0 Å². The third-order valence-corrected chi connectivity index (χ3v) is 6.34. The summed E-state index contributed by atoms with van der Waals surface area (Å²) in [5, 5.41) is 2.66. The third kappa shape index (κ3) is 5.43. The predicted molar refractivity (Wildman–Crippen MR) is 110 cm³/mol. The maximum absolute atomic E-state index is 13.3. The van der Waals surface area contributed by atoms with Gasteiger partial charge in [-0.25, -0.2) is 21.6 Å². The second-order valence-corrected chi connectivity index (χ2v) is 8.65. The number of hydrogen-bond donors (Lipinski definition) is 1. The minimum Gasteiger partial charge on any atom is -0.348 e. The molecule has 0 heterocycles. The minimum atomic E-state index is -4.25. The maximum Gasteiger partial charge on any atom is 0.264 e. The van der Waals surface area contributed by atoms with Crippen LogP contribution in [0.1, 0.15) is 18.5 Å². The first-order chi connectivity index (χ1) is 14.7. The standard InChI is InChI=1S/C22H19F3N2O3S/c1-15(16-2-4-17(23)5-3-16)26-22(28)14-27(20-10-6-18(24)7-11-20)31(29,30)21-12-8-19(25)9-13-21/h2-13,15H,14H2,1H3,(H,26,28). The van der Waals surface area contributed by atoms with Crippen molar-refractivity contribution in [2.45, 2.75) is 17.9 Å². The van der Waals surface area contributed by atoms with Gasteiger partial charge in [-0.3, -0.25) is 9.10 Å². The average molecular weight is 448 g/mol. The first kappa shape index (κ1) is 22.4. The molecule has 0 fully saturated rings. The summed E-state index contributed by atoms with van der Waals surface area (Å²) in [5.41, 5.74) is 0.694. The zero-order chi connectivity index (χ0) is 22.6. The van der Waals surface area contributed by atoms with Crippen LogP contribution in [0.15, 0.2) is 77.7 Å². The maximum atomic E-state index is 13.3. The largest absolute Gasteiger partial charge is 0.348 e. The van der Waals surface area contributed by atoms with Gasteiger partial charge in [0.25, 0.3) is 10.0 Å². The molecule has 162 valence electrons. The van der Waals surface area contributed by atoms with Crippen LogP contribution >= 0.6 is 0 Å². The highest BCUT2D eigenvalue weighted by Crippen LogP contribution is 2.24. The molecule has 3 aromatic carbocycles. The fourth-order valence-electron chi connectivity index (χ4n) is 2.91. The molecule has 31 heavy (non-hydrogen) atoms. The second-order valence-electron chi connectivity index (χ2n) is 6.78. The van der Waals surface area contributed by atoms with Crippen molar-refractivity contribution < 1.29 is 26.4 Å². The van der Waals surface area contributed by atoms with E-state index in [9.17, 15) is 26.4 Å². The molecular weight excluding hydrogens is 429 g/mol. The predicted octanol–water partition coefficient (Wildman–Crippen LogP) is 4.18. The molecule has 3 aromatic rings. The van der Waals surface area contributed by atoms with Gasteiger partial charge in [0, 0.05) is 0 Å². The topological polar surface area (TPSA) is 66.5 Å². The molecule has 0 aliphatic rings. The summed E-state index contributed by atoms with van der Waals surface area (Å²) < 4.78 is 66.8. The monoisotopic (exact) mass is 448 g/mol. The number of carbonyl (C=O) groups excluding carboxylic acids is 1. The quantitative estimate of drug-likeness (QED) is 0.590. The highest BCUT2D eigenvalue weighted by atomic mass is 32.2. The number of benzene rings is 3. The number of carbonyl (C=O) groups is 1. The van der Waals surface area contributed by atoms with Crippen LogP contribution in [-0.2, 0) is 14.8 Å². The van der Waals surface area contributed by atoms with Crippen molar-refractivity contribution in [3.63, 3.8) is 0 Å². The summed E-state index contributed by atoms with van der Waals surface area (Å²) in [7, 11) is -4.25. The normalized spacial score (nSPS) is 12.3. The van der Waals surface area contributed by atoms with Crippen LogP contribution in [0.2, 0.25) is 0 Å². The molecular formula is C22H19F3N2O3S. The fourth-order valence-corrected chi connectivity index (χ4v) is 4.33. The van der Waals surface area contributed by atoms with Crippen molar-refractivity contribution in [3.8, 4) is 0 Å². The number of halogens is 3. The van der Waals surface area contributed by atoms with E-state index >= 15 is 0 Å². The van der Waals surface area contributed by atoms with Gasteiger partial charge >= 0.3 is 0 Å². The molecule has 3 rings (SSSR count). The number of rotatable bonds is 7. The van der Waals surface area contributed by atoms with E-state index in [0.717, 1.165) is 40.7 Å². The Morgan fingerprint density at radius 2 is 1.29 bits per heavy atom. The van der Waals surface area contributed by atoms with E-state index in [1.54, 1.807) is 6.92 Å². The van der Waals surface area contributed by atoms with Crippen LogP contribution in [0, 0.1) is 17.5 Å². The zero-order valence-corrected chi connectivity index (χ0v) is 17.2. The number of amides is 1. The van der Waals surface area contributed by atoms with Gasteiger partial charge in [-0.15, -0.1) is 0 Å². The molecule has 0 bridgehead atoms. The number of sulfonamides is 1. The Morgan fingerprint density at radius 3 is 1.81 bits per heavy atom. The summed E-state index contributed by atoms with van der Waals surface area (Å²) in [4.78, 5) is 12.4. The molecule has 5 nitrogen and oxygen atoms in total. The second kappa shape index (κ2) is 9.22. The van der Waals surface area contributed by atoms with Crippen LogP contribution < -0.4 is 9.62 Å². The van der Waals surface area contributed by atoms with Gasteiger partial charge in [-0.05, 0) is 73.2 Å². The Bertz CT molecular complexity index is 1150. The van der Waals surface area contributed by atoms with Gasteiger partial charge in [0.15, 0.2) is 0 Å². The van der Waals surface area contributed by atoms with Crippen molar-refractivity contribution in [1.29, 1.82) is 0 Å². The van der Waals surface area contributed by atoms with E-state index in [4.69, 9.17) is 0 Å². The van der Waals surface area contributed by atoms with E-state index in [1.807, 2.05) is 0 Å². The van der Waals surface area contributed by atoms with Gasteiger partial charge in [-0.2, -0.15) is 0 Å². The lowest BCUT2D eigenvalue weighted by Crippen LogP contribution is -2.41. The first-order valence-electron chi connectivity index (χ1n) is 9.25. The fraction of sp³-hybridized carbons (Fsp3) is 0.136. The zero-order valence-electron chi connectivity index (χ0n) is 16.4. The first-order valence-corrected chi connectivity index (χ1v) is 10.7. The Morgan fingerprint density at radius 1 is 0.839 bits per heavy atom. The lowest BCUT2D eigenvalue weighted by atomic mass is 10.1. The van der Waals surface area contributed by atoms with Crippen LogP contribution in [0.5, 0.6) is 0 Å². The Hall–Kier alpha value is -3.33. The van der Waals surface area contributed by atoms with E-state index < -0.39 is 46.0 Å². The van der Waals surface area contributed by atoms with Crippen molar-refractivity contribution in [2.75, 3.05) is 10.8 Å². The number of anilines is 1. The lowest BCUT2D eigenvalue weighted by Gasteiger charge is -2.25. The lowest BCUT2D eigenvalue weighted by molar-refractivity contribution is -0.120. The highest BCUT2D eigenvalue weighted by Gasteiger charge is 2.28. The smallest absolute Gasteiger partial charge is 0.264 e. The van der Waals surface area contributed by atoms with Crippen LogP contribution in [0.3, 0.4) is 0 Å². The molecule has 0 radical (unpaired) electrons. The molecule has 1 atom stereocenters. The van der Waals surface area contributed by atoms with Gasteiger partial charge in [0.05, 0.1) is 16.6 Å². The molecule has 0 aliphatic carbocycles. The van der Waals surface area contributed by atoms with E-state index in [1.165, 1.54) is 36.4 Å². The number of hydrogen-bond acceptors (Lipinski definition) is 3. The van der Waals surface area contributed by atoms with Crippen molar-refractivity contribution in [1.82, 2.24) is 5.32 Å². The van der Waals surface area contributed by atoms with Crippen LogP contribution in [0.4, 0.5) is 18.9 Å². The number of nitrogens with zero attached hydrogens (tertiary/aromatic N) is 1. The van der Waals surface area contributed by atoms with Crippen molar-refractivity contribution in [2.24, 2.45) is 0 Å². The minimum absolute atomic E-state index is 0.0651. The highest BCUT2D eigenvalue weighted by molar-refractivity contribution is 7.92. The molecule has 1 amide bonds. The van der Waals surface area contributed by atoms with E-state index in [-0.39, 0.29) is 10.6 Å².